The third-order valence-electron chi connectivity index (χ3n) is 4.03. The first kappa shape index (κ1) is 20.4. The van der Waals surface area contributed by atoms with Crippen molar-refractivity contribution >= 4 is 21.7 Å². The average molecular weight is 391 g/mol. The molecular weight excluding hydrogens is 370 g/mol. The predicted molar refractivity (Wildman–Crippen MR) is 99.7 cm³/mol. The van der Waals surface area contributed by atoms with Crippen LogP contribution in [-0.2, 0) is 21.1 Å². The molecule has 0 aromatic heterocycles. The molecule has 2 aromatic rings. The summed E-state index contributed by atoms with van der Waals surface area (Å²) in [6.45, 7) is -0.102. The molecule has 1 atom stereocenters. The van der Waals surface area contributed by atoms with Crippen LogP contribution in [0.15, 0.2) is 53.4 Å². The summed E-state index contributed by atoms with van der Waals surface area (Å²) in [7, 11) is -2.14. The highest BCUT2D eigenvalue weighted by molar-refractivity contribution is 7.90. The van der Waals surface area contributed by atoms with Gasteiger partial charge in [-0.25, -0.2) is 8.42 Å². The Kier molecular flexibility index (Phi) is 6.57. The van der Waals surface area contributed by atoms with Crippen LogP contribution in [0.2, 0.25) is 0 Å². The number of hydrogen-bond acceptors (Lipinski definition) is 5. The van der Waals surface area contributed by atoms with E-state index in [2.05, 4.69) is 5.32 Å². The van der Waals surface area contributed by atoms with Crippen LogP contribution in [0.3, 0.4) is 0 Å². The number of carboxylic acid groups (broad SMARTS) is 1. The molecule has 0 bridgehead atoms. The molecule has 2 rings (SSSR count). The van der Waals surface area contributed by atoms with Gasteiger partial charge in [0.2, 0.25) is 0 Å². The number of carboxylic acids is 1. The van der Waals surface area contributed by atoms with Gasteiger partial charge in [-0.15, -0.1) is 0 Å². The largest absolute Gasteiger partial charge is 0.496 e. The Morgan fingerprint density at radius 1 is 1.15 bits per heavy atom. The number of carbonyl (C=O) groups excluding carboxylic acids is 1. The molecular formula is C19H21NO6S. The van der Waals surface area contributed by atoms with Crippen LogP contribution in [0.4, 0.5) is 0 Å². The topological polar surface area (TPSA) is 110 Å². The lowest BCUT2D eigenvalue weighted by Gasteiger charge is -2.15. The minimum atomic E-state index is -3.50. The molecule has 0 spiro atoms. The summed E-state index contributed by atoms with van der Waals surface area (Å²) in [6, 6.07) is 13.1. The highest BCUT2D eigenvalue weighted by Gasteiger charge is 2.21. The molecule has 7 nitrogen and oxygen atoms in total. The van der Waals surface area contributed by atoms with E-state index in [1.807, 2.05) is 30.3 Å². The number of hydrogen-bond donors (Lipinski definition) is 2. The molecule has 0 aliphatic carbocycles. The van der Waals surface area contributed by atoms with Crippen molar-refractivity contribution in [2.24, 2.45) is 5.92 Å². The smallest absolute Gasteiger partial charge is 0.308 e. The van der Waals surface area contributed by atoms with Crippen molar-refractivity contribution < 1.29 is 27.9 Å². The van der Waals surface area contributed by atoms with E-state index in [1.54, 1.807) is 0 Å². The van der Waals surface area contributed by atoms with Gasteiger partial charge in [0.05, 0.1) is 23.5 Å². The molecule has 0 aliphatic rings. The minimum Gasteiger partial charge on any atom is -0.496 e. The number of rotatable bonds is 8. The number of carbonyl (C=O) groups is 2. The van der Waals surface area contributed by atoms with E-state index in [9.17, 15) is 23.1 Å². The second kappa shape index (κ2) is 8.68. The van der Waals surface area contributed by atoms with Crippen molar-refractivity contribution in [3.8, 4) is 5.75 Å². The van der Waals surface area contributed by atoms with Crippen LogP contribution >= 0.6 is 0 Å². The lowest BCUT2D eigenvalue weighted by atomic mass is 9.99. The Hall–Kier alpha value is -2.87. The monoisotopic (exact) mass is 391 g/mol. The van der Waals surface area contributed by atoms with Crippen LogP contribution in [0.1, 0.15) is 15.9 Å². The molecule has 144 valence electrons. The van der Waals surface area contributed by atoms with Crippen LogP contribution in [0.5, 0.6) is 5.75 Å². The van der Waals surface area contributed by atoms with E-state index in [0.717, 1.165) is 11.8 Å². The molecule has 1 amide bonds. The summed E-state index contributed by atoms with van der Waals surface area (Å²) >= 11 is 0. The summed E-state index contributed by atoms with van der Waals surface area (Å²) in [4.78, 5) is 24.0. The lowest BCUT2D eigenvalue weighted by molar-refractivity contribution is -0.141. The van der Waals surface area contributed by atoms with E-state index in [-0.39, 0.29) is 29.2 Å². The number of sulfone groups is 1. The van der Waals surface area contributed by atoms with E-state index in [0.29, 0.717) is 0 Å². The molecule has 0 saturated heterocycles. The van der Waals surface area contributed by atoms with Gasteiger partial charge in [-0.2, -0.15) is 0 Å². The van der Waals surface area contributed by atoms with Gasteiger partial charge in [-0.3, -0.25) is 9.59 Å². The fraction of sp³-hybridized carbons (Fsp3) is 0.263. The maximum absolute atomic E-state index is 12.5. The van der Waals surface area contributed by atoms with Gasteiger partial charge in [0.25, 0.3) is 5.91 Å². The number of methoxy groups -OCH3 is 1. The van der Waals surface area contributed by atoms with Gasteiger partial charge in [-0.1, -0.05) is 30.3 Å². The van der Waals surface area contributed by atoms with Gasteiger partial charge < -0.3 is 15.2 Å². The van der Waals surface area contributed by atoms with Gasteiger partial charge in [0.1, 0.15) is 5.75 Å². The zero-order valence-electron chi connectivity index (χ0n) is 15.0. The second-order valence-corrected chi connectivity index (χ2v) is 8.08. The Bertz CT molecular complexity index is 924. The number of aliphatic carboxylic acids is 1. The molecule has 1 unspecified atom stereocenters. The van der Waals surface area contributed by atoms with Crippen LogP contribution in [0, 0.1) is 5.92 Å². The van der Waals surface area contributed by atoms with Gasteiger partial charge in [0.15, 0.2) is 9.84 Å². The van der Waals surface area contributed by atoms with Crippen molar-refractivity contribution in [1.82, 2.24) is 5.32 Å². The summed E-state index contributed by atoms with van der Waals surface area (Å²) in [5.74, 6) is -2.25. The van der Waals surface area contributed by atoms with Crippen molar-refractivity contribution in [3.05, 3.63) is 59.7 Å². The predicted octanol–water partition coefficient (Wildman–Crippen LogP) is 1.77. The Balaban J connectivity index is 2.16. The molecule has 0 fully saturated rings. The molecule has 27 heavy (non-hydrogen) atoms. The normalized spacial score (nSPS) is 12.2. The minimum absolute atomic E-state index is 0.0208. The number of ether oxygens (including phenoxy) is 1. The third kappa shape index (κ3) is 5.55. The highest BCUT2D eigenvalue weighted by Crippen LogP contribution is 2.22. The molecule has 8 heteroatoms. The maximum atomic E-state index is 12.5. The number of amides is 1. The van der Waals surface area contributed by atoms with Crippen molar-refractivity contribution in [2.45, 2.75) is 11.3 Å². The molecule has 0 saturated carbocycles. The molecule has 2 N–H and O–H groups in total. The first-order valence-electron chi connectivity index (χ1n) is 8.15. The first-order valence-corrected chi connectivity index (χ1v) is 10.0. The molecule has 0 heterocycles. The van der Waals surface area contributed by atoms with E-state index in [1.165, 1.54) is 25.3 Å². The van der Waals surface area contributed by atoms with Crippen LogP contribution in [-0.4, -0.2) is 45.3 Å². The van der Waals surface area contributed by atoms with Crippen molar-refractivity contribution in [2.75, 3.05) is 19.9 Å². The lowest BCUT2D eigenvalue weighted by Crippen LogP contribution is -2.34. The Labute approximate surface area is 157 Å². The molecule has 0 radical (unpaired) electrons. The van der Waals surface area contributed by atoms with Gasteiger partial charge in [-0.05, 0) is 30.2 Å². The van der Waals surface area contributed by atoms with Gasteiger partial charge >= 0.3 is 5.97 Å². The second-order valence-electron chi connectivity index (χ2n) is 6.07. The maximum Gasteiger partial charge on any atom is 0.308 e. The summed E-state index contributed by atoms with van der Waals surface area (Å²) < 4.78 is 28.5. The van der Waals surface area contributed by atoms with E-state index < -0.39 is 27.6 Å². The molecule has 2 aromatic carbocycles. The van der Waals surface area contributed by atoms with E-state index >= 15 is 0 Å². The van der Waals surface area contributed by atoms with Crippen LogP contribution < -0.4 is 10.1 Å². The summed E-state index contributed by atoms with van der Waals surface area (Å²) in [5.41, 5.74) is 0.875. The molecule has 0 aliphatic heterocycles. The van der Waals surface area contributed by atoms with Gasteiger partial charge in [0, 0.05) is 12.8 Å². The first-order chi connectivity index (χ1) is 12.7. The summed E-state index contributed by atoms with van der Waals surface area (Å²) in [6.07, 6.45) is 1.30. The Morgan fingerprint density at radius 3 is 2.37 bits per heavy atom. The Morgan fingerprint density at radius 2 is 1.81 bits per heavy atom. The third-order valence-corrected chi connectivity index (χ3v) is 5.14. The van der Waals surface area contributed by atoms with E-state index in [4.69, 9.17) is 4.74 Å². The zero-order chi connectivity index (χ0) is 20.0. The van der Waals surface area contributed by atoms with Crippen LogP contribution in [0.25, 0.3) is 0 Å². The fourth-order valence-corrected chi connectivity index (χ4v) is 3.20. The number of benzene rings is 2. The number of nitrogens with one attached hydrogen (secondary N) is 1. The average Bonchev–Trinajstić information content (AvgIpc) is 2.64. The zero-order valence-corrected chi connectivity index (χ0v) is 15.8. The summed E-state index contributed by atoms with van der Waals surface area (Å²) in [5, 5.41) is 12.0. The SMILES string of the molecule is COc1ccc(S(C)(=O)=O)cc1C(=O)NCC(Cc1ccccc1)C(=O)O. The van der Waals surface area contributed by atoms with Crippen molar-refractivity contribution in [3.63, 3.8) is 0 Å². The van der Waals surface area contributed by atoms with Crippen molar-refractivity contribution in [1.29, 1.82) is 0 Å². The quantitative estimate of drug-likeness (QED) is 0.710. The fourth-order valence-electron chi connectivity index (χ4n) is 2.55. The highest BCUT2D eigenvalue weighted by atomic mass is 32.2. The standard InChI is InChI=1S/C19H21NO6S/c1-26-17-9-8-15(27(2,24)25)11-16(17)18(21)20-12-14(19(22)23)10-13-6-4-3-5-7-13/h3-9,11,14H,10,12H2,1-2H3,(H,20,21)(H,22,23).